The number of hydrogen-bond acceptors (Lipinski definition) is 2. The van der Waals surface area contributed by atoms with E-state index in [1.54, 1.807) is 0 Å². The zero-order valence-electron chi connectivity index (χ0n) is 6.71. The van der Waals surface area contributed by atoms with Gasteiger partial charge in [0.2, 0.25) is 0 Å². The summed E-state index contributed by atoms with van der Waals surface area (Å²) in [6, 6.07) is 0.755. The molecular formula is C8H15NO. The maximum Gasteiger partial charge on any atom is 0.0793 e. The van der Waals surface area contributed by atoms with Crippen LogP contribution in [0.3, 0.4) is 0 Å². The highest BCUT2D eigenvalue weighted by Crippen LogP contribution is 2.33. The summed E-state index contributed by atoms with van der Waals surface area (Å²) < 4.78 is 5.49. The van der Waals surface area contributed by atoms with Crippen LogP contribution in [0.5, 0.6) is 0 Å². The van der Waals surface area contributed by atoms with Crippen LogP contribution < -0.4 is 0 Å². The molecule has 0 bridgehead atoms. The third-order valence-electron chi connectivity index (χ3n) is 2.92. The first-order chi connectivity index (χ1) is 4.83. The minimum absolute atomic E-state index is 0.579. The van der Waals surface area contributed by atoms with E-state index in [0.29, 0.717) is 6.10 Å². The molecule has 0 saturated carbocycles. The van der Waals surface area contributed by atoms with E-state index < -0.39 is 0 Å². The van der Waals surface area contributed by atoms with Crippen LogP contribution in [0.4, 0.5) is 0 Å². The molecule has 0 aromatic rings. The van der Waals surface area contributed by atoms with E-state index in [4.69, 9.17) is 4.74 Å². The first-order valence-corrected chi connectivity index (χ1v) is 4.14. The Morgan fingerprint density at radius 1 is 1.60 bits per heavy atom. The van der Waals surface area contributed by atoms with Crippen molar-refractivity contribution in [3.8, 4) is 0 Å². The molecular weight excluding hydrogens is 126 g/mol. The van der Waals surface area contributed by atoms with E-state index in [1.165, 1.54) is 13.0 Å². The number of hydrogen-bond donors (Lipinski definition) is 0. The van der Waals surface area contributed by atoms with Crippen LogP contribution in [0.1, 0.15) is 13.3 Å². The van der Waals surface area contributed by atoms with E-state index in [1.807, 2.05) is 0 Å². The van der Waals surface area contributed by atoms with Gasteiger partial charge in [0.15, 0.2) is 0 Å². The Kier molecular flexibility index (Phi) is 1.46. The van der Waals surface area contributed by atoms with Crippen molar-refractivity contribution in [1.29, 1.82) is 0 Å². The molecule has 2 aliphatic heterocycles. The summed E-state index contributed by atoms with van der Waals surface area (Å²) in [7, 11) is 2.20. The minimum Gasteiger partial charge on any atom is -0.374 e. The average molecular weight is 141 g/mol. The fraction of sp³-hybridized carbons (Fsp3) is 1.00. The van der Waals surface area contributed by atoms with Crippen LogP contribution in [-0.4, -0.2) is 37.2 Å². The van der Waals surface area contributed by atoms with E-state index in [-0.39, 0.29) is 0 Å². The van der Waals surface area contributed by atoms with Gasteiger partial charge in [0.05, 0.1) is 18.8 Å². The van der Waals surface area contributed by atoms with Gasteiger partial charge in [-0.15, -0.1) is 0 Å². The van der Waals surface area contributed by atoms with Crippen molar-refractivity contribution in [2.24, 2.45) is 5.92 Å². The van der Waals surface area contributed by atoms with Crippen LogP contribution in [0.15, 0.2) is 0 Å². The largest absolute Gasteiger partial charge is 0.374 e. The second-order valence-electron chi connectivity index (χ2n) is 3.47. The molecule has 0 spiro atoms. The summed E-state index contributed by atoms with van der Waals surface area (Å²) >= 11 is 0. The van der Waals surface area contributed by atoms with Crippen molar-refractivity contribution in [2.75, 3.05) is 20.2 Å². The van der Waals surface area contributed by atoms with Gasteiger partial charge in [0.1, 0.15) is 0 Å². The van der Waals surface area contributed by atoms with E-state index in [9.17, 15) is 0 Å². The Bertz CT molecular complexity index is 135. The van der Waals surface area contributed by atoms with Gasteiger partial charge in [-0.3, -0.25) is 4.90 Å². The number of ether oxygens (including phenoxy) is 1. The summed E-state index contributed by atoms with van der Waals surface area (Å²) in [6.07, 6.45) is 1.85. The second kappa shape index (κ2) is 2.21. The molecule has 0 aromatic carbocycles. The predicted octanol–water partition coefficient (Wildman–Crippen LogP) is 0.725. The first kappa shape index (κ1) is 6.62. The van der Waals surface area contributed by atoms with Gasteiger partial charge in [-0.25, -0.2) is 0 Å². The highest BCUT2D eigenvalue weighted by molar-refractivity contribution is 4.97. The van der Waals surface area contributed by atoms with Crippen LogP contribution >= 0.6 is 0 Å². The van der Waals surface area contributed by atoms with Gasteiger partial charge in [-0.1, -0.05) is 6.92 Å². The highest BCUT2D eigenvalue weighted by Gasteiger charge is 2.46. The zero-order valence-corrected chi connectivity index (χ0v) is 6.71. The van der Waals surface area contributed by atoms with Crippen molar-refractivity contribution < 1.29 is 4.74 Å². The Balaban J connectivity index is 2.02. The van der Waals surface area contributed by atoms with Crippen molar-refractivity contribution in [3.05, 3.63) is 0 Å². The lowest BCUT2D eigenvalue weighted by atomic mass is 9.96. The Hall–Kier alpha value is -0.0800. The molecule has 0 N–H and O–H groups in total. The van der Waals surface area contributed by atoms with Gasteiger partial charge >= 0.3 is 0 Å². The topological polar surface area (TPSA) is 12.5 Å². The van der Waals surface area contributed by atoms with Crippen LogP contribution in [0.25, 0.3) is 0 Å². The third-order valence-corrected chi connectivity index (χ3v) is 2.92. The molecule has 2 nitrogen and oxygen atoms in total. The predicted molar refractivity (Wildman–Crippen MR) is 39.9 cm³/mol. The number of nitrogens with zero attached hydrogens (tertiary/aromatic N) is 1. The molecule has 2 aliphatic rings. The molecule has 2 heteroatoms. The number of rotatable bonds is 1. The lowest BCUT2D eigenvalue weighted by Crippen LogP contribution is -2.49. The molecule has 1 unspecified atom stereocenters. The highest BCUT2D eigenvalue weighted by atomic mass is 16.5. The standard InChI is InChI=1S/C8H15NO/c1-3-6-4-9(2)7-5-10-8(6)7/h6-8H,3-5H2,1-2H3/t6?,7-,8-/m0/s1. The van der Waals surface area contributed by atoms with Gasteiger partial charge in [0, 0.05) is 6.54 Å². The fourth-order valence-corrected chi connectivity index (χ4v) is 2.09. The smallest absolute Gasteiger partial charge is 0.0793 e. The lowest BCUT2D eigenvalue weighted by molar-refractivity contribution is -0.105. The quantitative estimate of drug-likeness (QED) is 0.533. The van der Waals surface area contributed by atoms with Gasteiger partial charge in [0.25, 0.3) is 0 Å². The average Bonchev–Trinajstić information content (AvgIpc) is 2.02. The van der Waals surface area contributed by atoms with Crippen molar-refractivity contribution in [1.82, 2.24) is 4.90 Å². The van der Waals surface area contributed by atoms with E-state index in [0.717, 1.165) is 18.6 Å². The first-order valence-electron chi connectivity index (χ1n) is 4.14. The van der Waals surface area contributed by atoms with Crippen LogP contribution in [0, 0.1) is 5.92 Å². The summed E-state index contributed by atoms with van der Waals surface area (Å²) in [5, 5.41) is 0. The van der Waals surface area contributed by atoms with Crippen molar-refractivity contribution in [3.63, 3.8) is 0 Å². The number of likely N-dealkylation sites (tertiary alicyclic amines) is 1. The molecule has 0 aliphatic carbocycles. The molecule has 58 valence electrons. The van der Waals surface area contributed by atoms with E-state index >= 15 is 0 Å². The van der Waals surface area contributed by atoms with Gasteiger partial charge in [-0.2, -0.15) is 0 Å². The van der Waals surface area contributed by atoms with Crippen LogP contribution in [-0.2, 0) is 4.74 Å². The lowest BCUT2D eigenvalue weighted by Gasteiger charge is -2.36. The summed E-state index contributed by atoms with van der Waals surface area (Å²) in [4.78, 5) is 2.43. The molecule has 2 rings (SSSR count). The van der Waals surface area contributed by atoms with Gasteiger partial charge in [-0.05, 0) is 19.4 Å². The summed E-state index contributed by atoms with van der Waals surface area (Å²) in [6.45, 7) is 4.46. The SMILES string of the molecule is CCC1CN(C)[C@H]2CO[C@@H]12. The zero-order chi connectivity index (χ0) is 7.14. The molecule has 0 radical (unpaired) electrons. The van der Waals surface area contributed by atoms with Crippen LogP contribution in [0.2, 0.25) is 0 Å². The maximum absolute atomic E-state index is 5.49. The Morgan fingerprint density at radius 2 is 2.40 bits per heavy atom. The molecule has 2 heterocycles. The van der Waals surface area contributed by atoms with E-state index in [2.05, 4.69) is 18.9 Å². The molecule has 10 heavy (non-hydrogen) atoms. The summed E-state index contributed by atoms with van der Waals surface area (Å²) in [5.74, 6) is 0.809. The minimum atomic E-state index is 0.579. The summed E-state index contributed by atoms with van der Waals surface area (Å²) in [5.41, 5.74) is 0. The Labute approximate surface area is 62.2 Å². The van der Waals surface area contributed by atoms with Crippen molar-refractivity contribution >= 4 is 0 Å². The second-order valence-corrected chi connectivity index (χ2v) is 3.47. The molecule has 0 aromatic heterocycles. The monoisotopic (exact) mass is 141 g/mol. The van der Waals surface area contributed by atoms with Crippen molar-refractivity contribution in [2.45, 2.75) is 25.5 Å². The fourth-order valence-electron chi connectivity index (χ4n) is 2.09. The number of fused-ring (bicyclic) bond motifs is 1. The molecule has 0 amide bonds. The normalized spacial score (nSPS) is 46.8. The Morgan fingerprint density at radius 3 is 2.70 bits per heavy atom. The molecule has 2 saturated heterocycles. The maximum atomic E-state index is 5.49. The third kappa shape index (κ3) is 0.722. The van der Waals surface area contributed by atoms with Gasteiger partial charge < -0.3 is 4.74 Å². The molecule has 3 atom stereocenters. The molecule has 2 fully saturated rings. The number of likely N-dealkylation sites (N-methyl/N-ethyl adjacent to an activating group) is 1.